The number of nitrogens with zero attached hydrogens (tertiary/aromatic N) is 1. The van der Waals surface area contributed by atoms with Crippen molar-refractivity contribution in [3.8, 4) is 11.3 Å². The molecule has 0 unspecified atom stereocenters. The zero-order valence-electron chi connectivity index (χ0n) is 8.73. The van der Waals surface area contributed by atoms with Crippen molar-refractivity contribution in [3.63, 3.8) is 0 Å². The summed E-state index contributed by atoms with van der Waals surface area (Å²) in [5.41, 5.74) is 7.58. The van der Waals surface area contributed by atoms with Crippen molar-refractivity contribution in [1.29, 1.82) is 0 Å². The Kier molecular flexibility index (Phi) is 2.59. The first kappa shape index (κ1) is 10.2. The van der Waals surface area contributed by atoms with E-state index in [0.29, 0.717) is 11.5 Å². The van der Waals surface area contributed by atoms with Crippen LogP contribution in [0.25, 0.3) is 11.3 Å². The Bertz CT molecular complexity index is 519. The summed E-state index contributed by atoms with van der Waals surface area (Å²) < 4.78 is 4.64. The van der Waals surface area contributed by atoms with Gasteiger partial charge in [-0.05, 0) is 12.1 Å². The number of esters is 1. The van der Waals surface area contributed by atoms with Gasteiger partial charge < -0.3 is 15.5 Å². The minimum absolute atomic E-state index is 0.346. The normalized spacial score (nSPS) is 10.1. The van der Waals surface area contributed by atoms with Crippen LogP contribution in [0.4, 0.5) is 5.95 Å². The largest absolute Gasteiger partial charge is 0.465 e. The third-order valence-electron chi connectivity index (χ3n) is 2.19. The van der Waals surface area contributed by atoms with Gasteiger partial charge >= 0.3 is 5.97 Å². The van der Waals surface area contributed by atoms with Crippen molar-refractivity contribution in [1.82, 2.24) is 9.97 Å². The second-order valence-electron chi connectivity index (χ2n) is 3.25. The maximum absolute atomic E-state index is 11.3. The number of methoxy groups -OCH3 is 1. The predicted octanol–water partition coefficient (Wildman–Crippen LogP) is 1.45. The summed E-state index contributed by atoms with van der Waals surface area (Å²) in [6.45, 7) is 0. The molecule has 2 aromatic rings. The van der Waals surface area contributed by atoms with Gasteiger partial charge in [-0.2, -0.15) is 0 Å². The van der Waals surface area contributed by atoms with Crippen molar-refractivity contribution in [3.05, 3.63) is 36.0 Å². The molecule has 0 amide bonds. The Balaban J connectivity index is 2.39. The lowest BCUT2D eigenvalue weighted by Crippen LogP contribution is -2.00. The van der Waals surface area contributed by atoms with Gasteiger partial charge in [-0.1, -0.05) is 12.1 Å². The van der Waals surface area contributed by atoms with Crippen LogP contribution in [0.5, 0.6) is 0 Å². The average Bonchev–Trinajstić information content (AvgIpc) is 2.75. The van der Waals surface area contributed by atoms with Gasteiger partial charge in [0.1, 0.15) is 0 Å². The van der Waals surface area contributed by atoms with Gasteiger partial charge in [0.25, 0.3) is 0 Å². The minimum atomic E-state index is -0.366. The number of aromatic amines is 1. The number of ether oxygens (including phenoxy) is 1. The number of H-pyrrole nitrogens is 1. The molecule has 5 nitrogen and oxygen atoms in total. The zero-order valence-corrected chi connectivity index (χ0v) is 8.73. The molecule has 0 atom stereocenters. The number of aromatic nitrogens is 2. The van der Waals surface area contributed by atoms with Gasteiger partial charge in [0.2, 0.25) is 0 Å². The Labute approximate surface area is 92.3 Å². The number of carbonyl (C=O) groups is 1. The van der Waals surface area contributed by atoms with Crippen molar-refractivity contribution in [2.45, 2.75) is 0 Å². The second kappa shape index (κ2) is 4.06. The zero-order chi connectivity index (χ0) is 11.5. The lowest BCUT2D eigenvalue weighted by atomic mass is 10.1. The highest BCUT2D eigenvalue weighted by Gasteiger charge is 2.07. The van der Waals surface area contributed by atoms with E-state index in [1.165, 1.54) is 7.11 Å². The first-order valence-corrected chi connectivity index (χ1v) is 4.70. The number of hydrogen-bond acceptors (Lipinski definition) is 4. The molecule has 82 valence electrons. The van der Waals surface area contributed by atoms with E-state index in [1.54, 1.807) is 24.4 Å². The standard InChI is InChI=1S/C11H11N3O2/c1-16-10(15)8-4-2-3-7(5-8)9-6-13-11(12)14-9/h2-6H,1H3,(H3,12,13,14). The third kappa shape index (κ3) is 1.88. The van der Waals surface area contributed by atoms with Crippen LogP contribution in [0.2, 0.25) is 0 Å². The molecule has 0 radical (unpaired) electrons. The highest BCUT2D eigenvalue weighted by atomic mass is 16.5. The number of nitrogens with one attached hydrogen (secondary N) is 1. The lowest BCUT2D eigenvalue weighted by Gasteiger charge is -2.01. The molecular formula is C11H11N3O2. The van der Waals surface area contributed by atoms with Crippen LogP contribution < -0.4 is 5.73 Å². The molecule has 0 saturated carbocycles. The van der Waals surface area contributed by atoms with Crippen LogP contribution in [0, 0.1) is 0 Å². The quantitative estimate of drug-likeness (QED) is 0.746. The molecule has 0 saturated heterocycles. The molecule has 5 heteroatoms. The smallest absolute Gasteiger partial charge is 0.337 e. The molecule has 3 N–H and O–H groups in total. The summed E-state index contributed by atoms with van der Waals surface area (Å²) in [5, 5.41) is 0. The van der Waals surface area contributed by atoms with Crippen LogP contribution in [0.15, 0.2) is 30.5 Å². The van der Waals surface area contributed by atoms with Crippen LogP contribution in [0.3, 0.4) is 0 Å². The molecule has 0 aliphatic carbocycles. The van der Waals surface area contributed by atoms with Crippen LogP contribution >= 0.6 is 0 Å². The monoisotopic (exact) mass is 217 g/mol. The Morgan fingerprint density at radius 1 is 1.50 bits per heavy atom. The van der Waals surface area contributed by atoms with Gasteiger partial charge in [-0.3, -0.25) is 0 Å². The maximum Gasteiger partial charge on any atom is 0.337 e. The number of imidazole rings is 1. The molecule has 0 bridgehead atoms. The molecule has 16 heavy (non-hydrogen) atoms. The average molecular weight is 217 g/mol. The highest BCUT2D eigenvalue weighted by Crippen LogP contribution is 2.19. The summed E-state index contributed by atoms with van der Waals surface area (Å²) in [5.74, 6) is -0.0205. The lowest BCUT2D eigenvalue weighted by molar-refractivity contribution is 0.0601. The fraction of sp³-hybridized carbons (Fsp3) is 0.0909. The van der Waals surface area contributed by atoms with Crippen molar-refractivity contribution in [2.75, 3.05) is 12.8 Å². The first-order valence-electron chi connectivity index (χ1n) is 4.70. The van der Waals surface area contributed by atoms with Crippen molar-refractivity contribution in [2.24, 2.45) is 0 Å². The number of nitrogen functional groups attached to an aromatic ring is 1. The molecule has 0 aliphatic heterocycles. The minimum Gasteiger partial charge on any atom is -0.465 e. The van der Waals surface area contributed by atoms with E-state index in [4.69, 9.17) is 5.73 Å². The maximum atomic E-state index is 11.3. The molecule has 0 aliphatic rings. The Hall–Kier alpha value is -2.30. The van der Waals surface area contributed by atoms with Crippen LogP contribution in [-0.2, 0) is 4.74 Å². The van der Waals surface area contributed by atoms with E-state index < -0.39 is 0 Å². The van der Waals surface area contributed by atoms with E-state index in [1.807, 2.05) is 6.07 Å². The van der Waals surface area contributed by atoms with E-state index in [9.17, 15) is 4.79 Å². The number of benzene rings is 1. The SMILES string of the molecule is COC(=O)c1cccc(-c2cnc(N)[nH]2)c1. The molecule has 2 rings (SSSR count). The van der Waals surface area contributed by atoms with Crippen LogP contribution in [-0.4, -0.2) is 23.0 Å². The molecular weight excluding hydrogens is 206 g/mol. The molecule has 1 heterocycles. The van der Waals surface area contributed by atoms with Gasteiger partial charge in [0.05, 0.1) is 24.6 Å². The number of nitrogens with two attached hydrogens (primary N) is 1. The van der Waals surface area contributed by atoms with Crippen molar-refractivity contribution < 1.29 is 9.53 Å². The van der Waals surface area contributed by atoms with Gasteiger partial charge in [0, 0.05) is 5.56 Å². The first-order chi connectivity index (χ1) is 7.70. The fourth-order valence-electron chi connectivity index (χ4n) is 1.41. The fourth-order valence-corrected chi connectivity index (χ4v) is 1.41. The molecule has 0 spiro atoms. The summed E-state index contributed by atoms with van der Waals surface area (Å²) in [6, 6.07) is 7.05. The third-order valence-corrected chi connectivity index (χ3v) is 2.19. The number of anilines is 1. The number of rotatable bonds is 2. The summed E-state index contributed by atoms with van der Waals surface area (Å²) >= 11 is 0. The van der Waals surface area contributed by atoms with E-state index >= 15 is 0 Å². The Morgan fingerprint density at radius 3 is 2.94 bits per heavy atom. The summed E-state index contributed by atoms with van der Waals surface area (Å²) in [6.07, 6.45) is 1.62. The van der Waals surface area contributed by atoms with Crippen molar-refractivity contribution >= 4 is 11.9 Å². The van der Waals surface area contributed by atoms with E-state index in [0.717, 1.165) is 11.3 Å². The van der Waals surface area contributed by atoms with Gasteiger partial charge in [0.15, 0.2) is 5.95 Å². The van der Waals surface area contributed by atoms with E-state index in [2.05, 4.69) is 14.7 Å². The number of hydrogen-bond donors (Lipinski definition) is 2. The van der Waals surface area contributed by atoms with Gasteiger partial charge in [-0.25, -0.2) is 9.78 Å². The number of carbonyl (C=O) groups excluding carboxylic acids is 1. The summed E-state index contributed by atoms with van der Waals surface area (Å²) in [7, 11) is 1.35. The molecule has 1 aromatic carbocycles. The van der Waals surface area contributed by atoms with Gasteiger partial charge in [-0.15, -0.1) is 0 Å². The highest BCUT2D eigenvalue weighted by molar-refractivity contribution is 5.90. The van der Waals surface area contributed by atoms with Crippen LogP contribution in [0.1, 0.15) is 10.4 Å². The predicted molar refractivity (Wildman–Crippen MR) is 59.8 cm³/mol. The molecule has 1 aromatic heterocycles. The topological polar surface area (TPSA) is 81.0 Å². The van der Waals surface area contributed by atoms with E-state index in [-0.39, 0.29) is 5.97 Å². The Morgan fingerprint density at radius 2 is 2.31 bits per heavy atom. The molecule has 0 fully saturated rings. The second-order valence-corrected chi connectivity index (χ2v) is 3.25. The summed E-state index contributed by atoms with van der Waals surface area (Å²) in [4.78, 5) is 18.1.